The van der Waals surface area contributed by atoms with Gasteiger partial charge in [-0.05, 0) is 87.0 Å². The van der Waals surface area contributed by atoms with Gasteiger partial charge >= 0.3 is 0 Å². The van der Waals surface area contributed by atoms with E-state index in [1.165, 1.54) is 5.56 Å². The molecule has 0 amide bonds. The molecule has 0 fully saturated rings. The molecule has 2 aromatic heterocycles. The average Bonchev–Trinajstić information content (AvgIpc) is 3.68. The lowest BCUT2D eigenvalue weighted by Gasteiger charge is -2.11. The Kier molecular flexibility index (Phi) is 8.48. The topological polar surface area (TPSA) is 75.6 Å². The van der Waals surface area contributed by atoms with Gasteiger partial charge in [-0.15, -0.1) is 0 Å². The molecule has 10 aromatic rings. The number of nitriles is 1. The molecule has 0 saturated carbocycles. The highest BCUT2D eigenvalue weighted by atomic mass is 16.3. The van der Waals surface area contributed by atoms with E-state index in [0.717, 1.165) is 77.6 Å². The van der Waals surface area contributed by atoms with Crippen LogP contribution in [0, 0.1) is 11.3 Å². The lowest BCUT2D eigenvalue weighted by atomic mass is 9.97. The fraction of sp³-hybridized carbons (Fsp3) is 0. The zero-order valence-electron chi connectivity index (χ0n) is 30.7. The summed E-state index contributed by atoms with van der Waals surface area (Å²) in [7, 11) is 0. The summed E-state index contributed by atoms with van der Waals surface area (Å²) >= 11 is 0. The molecule has 0 unspecified atom stereocenters. The first-order valence-electron chi connectivity index (χ1n) is 18.8. The number of hydrogen-bond donors (Lipinski definition) is 0. The number of benzene rings is 8. The Bertz CT molecular complexity index is 3140. The molecule has 0 radical (unpaired) electrons. The first kappa shape index (κ1) is 33.6. The molecule has 2 heterocycles. The van der Waals surface area contributed by atoms with Crippen LogP contribution in [0.3, 0.4) is 0 Å². The summed E-state index contributed by atoms with van der Waals surface area (Å²) in [6.07, 6.45) is 0. The fourth-order valence-electron chi connectivity index (χ4n) is 7.59. The molecule has 0 aliphatic carbocycles. The second-order valence-electron chi connectivity index (χ2n) is 13.9. The van der Waals surface area contributed by atoms with Crippen LogP contribution < -0.4 is 0 Å². The Morgan fingerprint density at radius 2 is 0.825 bits per heavy atom. The van der Waals surface area contributed by atoms with E-state index in [1.807, 2.05) is 91.0 Å². The third-order valence-electron chi connectivity index (χ3n) is 10.4. The van der Waals surface area contributed by atoms with Crippen molar-refractivity contribution < 1.29 is 4.42 Å². The highest BCUT2D eigenvalue weighted by Crippen LogP contribution is 2.39. The number of rotatable bonds is 7. The maximum atomic E-state index is 9.87. The van der Waals surface area contributed by atoms with E-state index >= 15 is 0 Å². The largest absolute Gasteiger partial charge is 0.456 e. The summed E-state index contributed by atoms with van der Waals surface area (Å²) in [6.45, 7) is 0. The van der Waals surface area contributed by atoms with Crippen LogP contribution in [0.2, 0.25) is 0 Å². The van der Waals surface area contributed by atoms with Gasteiger partial charge in [0, 0.05) is 27.5 Å². The Hall–Kier alpha value is -7.94. The highest BCUT2D eigenvalue weighted by Gasteiger charge is 2.18. The monoisotopic (exact) mass is 728 g/mol. The Morgan fingerprint density at radius 3 is 1.49 bits per heavy atom. The van der Waals surface area contributed by atoms with Crippen LogP contribution in [0.25, 0.3) is 101 Å². The van der Waals surface area contributed by atoms with Crippen molar-refractivity contribution in [1.29, 1.82) is 5.26 Å². The van der Waals surface area contributed by atoms with Crippen LogP contribution in [-0.4, -0.2) is 15.0 Å². The maximum Gasteiger partial charge on any atom is 0.164 e. The molecule has 0 saturated heterocycles. The Labute approximate surface area is 329 Å². The van der Waals surface area contributed by atoms with Crippen LogP contribution in [0.5, 0.6) is 0 Å². The molecule has 5 nitrogen and oxygen atoms in total. The van der Waals surface area contributed by atoms with Gasteiger partial charge in [0.1, 0.15) is 11.2 Å². The number of aromatic nitrogens is 3. The first-order chi connectivity index (χ1) is 28.2. The van der Waals surface area contributed by atoms with Crippen LogP contribution in [0.1, 0.15) is 5.56 Å². The molecule has 0 bridgehead atoms. The van der Waals surface area contributed by atoms with Gasteiger partial charge in [-0.3, -0.25) is 0 Å². The summed E-state index contributed by atoms with van der Waals surface area (Å²) in [6, 6.07) is 68.1. The molecule has 0 aliphatic rings. The molecule has 57 heavy (non-hydrogen) atoms. The van der Waals surface area contributed by atoms with E-state index in [1.54, 1.807) is 0 Å². The molecule has 8 aromatic carbocycles. The smallest absolute Gasteiger partial charge is 0.164 e. The Balaban J connectivity index is 1.12. The van der Waals surface area contributed by atoms with Gasteiger partial charge in [-0.2, -0.15) is 5.26 Å². The number of fused-ring (bicyclic) bond motifs is 3. The minimum absolute atomic E-state index is 0.527. The van der Waals surface area contributed by atoms with E-state index in [4.69, 9.17) is 19.4 Å². The van der Waals surface area contributed by atoms with Crippen molar-refractivity contribution in [3.8, 4) is 84.7 Å². The zero-order valence-corrected chi connectivity index (χ0v) is 30.7. The van der Waals surface area contributed by atoms with Crippen molar-refractivity contribution in [3.05, 3.63) is 200 Å². The lowest BCUT2D eigenvalue weighted by Crippen LogP contribution is -2.00. The third kappa shape index (κ3) is 6.42. The van der Waals surface area contributed by atoms with Crippen molar-refractivity contribution in [1.82, 2.24) is 15.0 Å². The van der Waals surface area contributed by atoms with Gasteiger partial charge in [0.25, 0.3) is 0 Å². The normalized spacial score (nSPS) is 11.1. The molecule has 0 aliphatic heterocycles. The van der Waals surface area contributed by atoms with E-state index in [0.29, 0.717) is 23.0 Å². The summed E-state index contributed by atoms with van der Waals surface area (Å²) in [4.78, 5) is 15.3. The van der Waals surface area contributed by atoms with E-state index in [9.17, 15) is 5.26 Å². The zero-order chi connectivity index (χ0) is 38.1. The molecular formula is C52H32N4O. The van der Waals surface area contributed by atoms with Gasteiger partial charge in [-0.25, -0.2) is 15.0 Å². The van der Waals surface area contributed by atoms with Crippen LogP contribution in [-0.2, 0) is 0 Å². The minimum atomic E-state index is 0.527. The van der Waals surface area contributed by atoms with Gasteiger partial charge in [0.05, 0.1) is 11.6 Å². The van der Waals surface area contributed by atoms with E-state index in [-0.39, 0.29) is 0 Å². The number of furan rings is 1. The molecule has 0 spiro atoms. The van der Waals surface area contributed by atoms with Gasteiger partial charge < -0.3 is 4.42 Å². The molecule has 0 N–H and O–H groups in total. The van der Waals surface area contributed by atoms with Crippen LogP contribution in [0.4, 0.5) is 0 Å². The van der Waals surface area contributed by atoms with Crippen molar-refractivity contribution in [2.75, 3.05) is 0 Å². The second kappa shape index (κ2) is 14.4. The van der Waals surface area contributed by atoms with Gasteiger partial charge in [0.15, 0.2) is 17.5 Å². The predicted octanol–water partition coefficient (Wildman–Crippen LogP) is 13.3. The van der Waals surface area contributed by atoms with Crippen molar-refractivity contribution in [3.63, 3.8) is 0 Å². The van der Waals surface area contributed by atoms with Crippen LogP contribution >= 0.6 is 0 Å². The van der Waals surface area contributed by atoms with Crippen molar-refractivity contribution >= 4 is 21.9 Å². The fourth-order valence-corrected chi connectivity index (χ4v) is 7.59. The average molecular weight is 729 g/mol. The maximum absolute atomic E-state index is 9.87. The van der Waals surface area contributed by atoms with Gasteiger partial charge in [0.2, 0.25) is 0 Å². The molecule has 5 heteroatoms. The first-order valence-corrected chi connectivity index (χ1v) is 18.8. The minimum Gasteiger partial charge on any atom is -0.456 e. The predicted molar refractivity (Wildman–Crippen MR) is 230 cm³/mol. The second-order valence-corrected chi connectivity index (χ2v) is 13.9. The van der Waals surface area contributed by atoms with Crippen molar-refractivity contribution in [2.24, 2.45) is 0 Å². The van der Waals surface area contributed by atoms with Gasteiger partial charge in [-0.1, -0.05) is 152 Å². The van der Waals surface area contributed by atoms with Crippen LogP contribution in [0.15, 0.2) is 199 Å². The molecule has 10 rings (SSSR count). The van der Waals surface area contributed by atoms with Crippen molar-refractivity contribution in [2.45, 2.75) is 0 Å². The Morgan fingerprint density at radius 1 is 0.351 bits per heavy atom. The molecular weight excluding hydrogens is 697 g/mol. The van der Waals surface area contributed by atoms with E-state index in [2.05, 4.69) is 109 Å². The number of hydrogen-bond acceptors (Lipinski definition) is 5. The molecule has 266 valence electrons. The quantitative estimate of drug-likeness (QED) is 0.163. The lowest BCUT2D eigenvalue weighted by molar-refractivity contribution is 0.669. The van der Waals surface area contributed by atoms with E-state index < -0.39 is 0 Å². The third-order valence-corrected chi connectivity index (χ3v) is 10.4. The SMILES string of the molecule is N#Cc1ccccc1-c1cccc(-c2nc(-c3cccc(-c4cccc(-c5ccccc5)c4)c3)nc(-c3ccc4c(c3)oc3cccc(-c5ccccc5)c34)n2)c1. The standard InChI is InChI=1S/C52H32N4O/c53-33-43-17-7-8-24-44(43)39-21-11-23-41(31-39)51-54-50(40-22-10-20-38(30-40)37-19-9-18-36(29-37)34-13-3-1-4-14-34)55-52(56-51)42-27-28-46-48(32-42)57-47-26-12-25-45(49(46)47)35-15-5-2-6-16-35/h1-32H. The summed E-state index contributed by atoms with van der Waals surface area (Å²) in [5, 5.41) is 12.0. The summed E-state index contributed by atoms with van der Waals surface area (Å²) in [5.41, 5.74) is 13.2. The molecule has 0 atom stereocenters. The summed E-state index contributed by atoms with van der Waals surface area (Å²) in [5.74, 6) is 1.61. The number of nitrogens with zero attached hydrogens (tertiary/aromatic N) is 4. The summed E-state index contributed by atoms with van der Waals surface area (Å²) < 4.78 is 6.50. The highest BCUT2D eigenvalue weighted by molar-refractivity contribution is 6.13.